The van der Waals surface area contributed by atoms with Crippen molar-refractivity contribution in [3.63, 3.8) is 0 Å². The average Bonchev–Trinajstić information content (AvgIpc) is 2.92. The van der Waals surface area contributed by atoms with E-state index in [1.165, 1.54) is 8.99 Å². The number of rotatable bonds is 3. The van der Waals surface area contributed by atoms with E-state index in [2.05, 4.69) is 26.2 Å². The van der Waals surface area contributed by atoms with Gasteiger partial charge in [0.15, 0.2) is 4.60 Å². The lowest BCUT2D eigenvalue weighted by molar-refractivity contribution is 0.454. The molecule has 6 nitrogen and oxygen atoms in total. The summed E-state index contributed by atoms with van der Waals surface area (Å²) in [5.74, 6) is 0. The first-order valence-electron chi connectivity index (χ1n) is 4.48. The van der Waals surface area contributed by atoms with Gasteiger partial charge in [-0.25, -0.2) is 13.1 Å². The summed E-state index contributed by atoms with van der Waals surface area (Å²) in [6.07, 6.45) is 1.86. The molecule has 15 heavy (non-hydrogen) atoms. The second-order valence-electron chi connectivity index (χ2n) is 3.56. The highest BCUT2D eigenvalue weighted by atomic mass is 79.9. The molecule has 1 fully saturated rings. The number of aryl methyl sites for hydroxylation is 1. The van der Waals surface area contributed by atoms with E-state index in [9.17, 15) is 8.42 Å². The Morgan fingerprint density at radius 1 is 1.53 bits per heavy atom. The van der Waals surface area contributed by atoms with Crippen molar-refractivity contribution in [2.24, 2.45) is 7.05 Å². The second kappa shape index (κ2) is 3.53. The monoisotopic (exact) mass is 294 g/mol. The summed E-state index contributed by atoms with van der Waals surface area (Å²) < 4.78 is 27.1. The van der Waals surface area contributed by atoms with Crippen LogP contribution in [0, 0.1) is 0 Å². The number of halogens is 1. The minimum absolute atomic E-state index is 0.108. The van der Waals surface area contributed by atoms with Crippen LogP contribution < -0.4 is 0 Å². The Balaban J connectivity index is 2.45. The Labute approximate surface area is 96.4 Å². The van der Waals surface area contributed by atoms with Gasteiger partial charge in [0.05, 0.1) is 0 Å². The van der Waals surface area contributed by atoms with Crippen molar-refractivity contribution in [2.75, 3.05) is 7.05 Å². The zero-order valence-electron chi connectivity index (χ0n) is 8.38. The summed E-state index contributed by atoms with van der Waals surface area (Å²) in [7, 11) is -0.319. The molecule has 1 saturated carbocycles. The van der Waals surface area contributed by atoms with Crippen molar-refractivity contribution < 1.29 is 8.42 Å². The third kappa shape index (κ3) is 1.81. The molecule has 84 valence electrons. The van der Waals surface area contributed by atoms with Crippen LogP contribution in [0.2, 0.25) is 0 Å². The van der Waals surface area contributed by atoms with Crippen molar-refractivity contribution in [3.8, 4) is 0 Å². The molecule has 0 bridgehead atoms. The lowest BCUT2D eigenvalue weighted by atomic mass is 10.7. The standard InChI is InChI=1S/C7H11BrN4O2S/c1-11-7(6(8)9-10-11)15(13,14)12(2)5-3-4-5/h5H,3-4H2,1-2H3. The molecule has 0 aliphatic heterocycles. The van der Waals surface area contributed by atoms with E-state index in [0.29, 0.717) is 0 Å². The van der Waals surface area contributed by atoms with Crippen molar-refractivity contribution in [3.05, 3.63) is 4.60 Å². The molecular formula is C7H11BrN4O2S. The van der Waals surface area contributed by atoms with E-state index in [-0.39, 0.29) is 15.7 Å². The van der Waals surface area contributed by atoms with Gasteiger partial charge < -0.3 is 0 Å². The first-order chi connectivity index (χ1) is 6.94. The molecule has 0 radical (unpaired) electrons. The van der Waals surface area contributed by atoms with Crippen LogP contribution in [-0.2, 0) is 17.1 Å². The van der Waals surface area contributed by atoms with Gasteiger partial charge in [-0.05, 0) is 28.8 Å². The summed E-state index contributed by atoms with van der Waals surface area (Å²) >= 11 is 3.09. The van der Waals surface area contributed by atoms with Crippen LogP contribution in [0.1, 0.15) is 12.8 Å². The van der Waals surface area contributed by atoms with E-state index in [4.69, 9.17) is 0 Å². The molecule has 0 aromatic carbocycles. The van der Waals surface area contributed by atoms with Crippen molar-refractivity contribution in [1.29, 1.82) is 0 Å². The van der Waals surface area contributed by atoms with Crippen molar-refractivity contribution >= 4 is 26.0 Å². The number of nitrogens with zero attached hydrogens (tertiary/aromatic N) is 4. The Kier molecular flexibility index (Phi) is 2.60. The molecule has 0 N–H and O–H groups in total. The molecule has 0 unspecified atom stereocenters. The molecule has 1 aliphatic rings. The lowest BCUT2D eigenvalue weighted by Gasteiger charge is -2.15. The summed E-state index contributed by atoms with van der Waals surface area (Å²) in [5, 5.41) is 7.44. The van der Waals surface area contributed by atoms with Crippen molar-refractivity contribution in [2.45, 2.75) is 23.9 Å². The molecule has 1 aliphatic carbocycles. The van der Waals surface area contributed by atoms with Gasteiger partial charge in [0.2, 0.25) is 5.03 Å². The van der Waals surface area contributed by atoms with Crippen LogP contribution in [0.5, 0.6) is 0 Å². The summed E-state index contributed by atoms with van der Waals surface area (Å²) in [4.78, 5) is 0. The Morgan fingerprint density at radius 3 is 2.53 bits per heavy atom. The Hall–Kier alpha value is -0.470. The number of hydrogen-bond donors (Lipinski definition) is 0. The minimum atomic E-state index is -3.47. The fraction of sp³-hybridized carbons (Fsp3) is 0.714. The second-order valence-corrected chi connectivity index (χ2v) is 6.23. The van der Waals surface area contributed by atoms with Gasteiger partial charge in [-0.15, -0.1) is 5.10 Å². The molecule has 0 spiro atoms. The average molecular weight is 295 g/mol. The van der Waals surface area contributed by atoms with Crippen LogP contribution in [0.4, 0.5) is 0 Å². The first-order valence-corrected chi connectivity index (χ1v) is 6.71. The number of aromatic nitrogens is 3. The van der Waals surface area contributed by atoms with E-state index in [1.807, 2.05) is 0 Å². The fourth-order valence-corrected chi connectivity index (χ4v) is 3.81. The van der Waals surface area contributed by atoms with Gasteiger partial charge in [0, 0.05) is 20.1 Å². The highest BCUT2D eigenvalue weighted by molar-refractivity contribution is 9.10. The van der Waals surface area contributed by atoms with Gasteiger partial charge in [-0.3, -0.25) is 0 Å². The van der Waals surface area contributed by atoms with Gasteiger partial charge in [0.25, 0.3) is 10.0 Å². The minimum Gasteiger partial charge on any atom is -0.235 e. The highest BCUT2D eigenvalue weighted by Gasteiger charge is 2.38. The fourth-order valence-electron chi connectivity index (χ4n) is 1.37. The zero-order valence-corrected chi connectivity index (χ0v) is 10.8. The zero-order chi connectivity index (χ0) is 11.2. The quantitative estimate of drug-likeness (QED) is 0.807. The number of hydrogen-bond acceptors (Lipinski definition) is 4. The topological polar surface area (TPSA) is 68.1 Å². The third-order valence-electron chi connectivity index (χ3n) is 2.42. The van der Waals surface area contributed by atoms with Gasteiger partial charge in [-0.2, -0.15) is 4.31 Å². The highest BCUT2D eigenvalue weighted by Crippen LogP contribution is 2.31. The summed E-state index contributed by atoms with van der Waals surface area (Å²) in [6.45, 7) is 0. The Bertz CT molecular complexity index is 460. The molecular weight excluding hydrogens is 284 g/mol. The van der Waals surface area contributed by atoms with Crippen LogP contribution in [0.15, 0.2) is 9.63 Å². The third-order valence-corrected chi connectivity index (χ3v) is 5.22. The molecule has 0 atom stereocenters. The molecule has 2 rings (SSSR count). The maximum absolute atomic E-state index is 12.1. The van der Waals surface area contributed by atoms with E-state index >= 15 is 0 Å². The van der Waals surface area contributed by atoms with Crippen LogP contribution >= 0.6 is 15.9 Å². The maximum atomic E-state index is 12.1. The van der Waals surface area contributed by atoms with Crippen LogP contribution in [0.3, 0.4) is 0 Å². The predicted octanol–water partition coefficient (Wildman–Crippen LogP) is 0.360. The van der Waals surface area contributed by atoms with Gasteiger partial charge in [0.1, 0.15) is 0 Å². The Morgan fingerprint density at radius 2 is 2.13 bits per heavy atom. The predicted molar refractivity (Wildman–Crippen MR) is 56.7 cm³/mol. The summed E-state index contributed by atoms with van der Waals surface area (Å²) in [5.41, 5.74) is 0. The first kappa shape index (κ1) is 11.0. The number of sulfonamides is 1. The largest absolute Gasteiger partial charge is 0.263 e. The molecule has 1 aromatic rings. The SMILES string of the molecule is CN(C1CC1)S(=O)(=O)c1c(Br)nnn1C. The maximum Gasteiger partial charge on any atom is 0.263 e. The molecule has 8 heteroatoms. The smallest absolute Gasteiger partial charge is 0.235 e. The van der Waals surface area contributed by atoms with E-state index in [1.54, 1.807) is 14.1 Å². The summed E-state index contributed by atoms with van der Waals surface area (Å²) in [6, 6.07) is 0.136. The van der Waals surface area contributed by atoms with E-state index in [0.717, 1.165) is 12.8 Å². The normalized spacial score (nSPS) is 17.3. The van der Waals surface area contributed by atoms with Crippen molar-refractivity contribution in [1.82, 2.24) is 19.3 Å². The molecule has 1 aromatic heterocycles. The van der Waals surface area contributed by atoms with Gasteiger partial charge in [-0.1, -0.05) is 5.21 Å². The molecule has 0 saturated heterocycles. The van der Waals surface area contributed by atoms with Crippen LogP contribution in [-0.4, -0.2) is 40.8 Å². The van der Waals surface area contributed by atoms with E-state index < -0.39 is 10.0 Å². The molecule has 1 heterocycles. The van der Waals surface area contributed by atoms with Crippen LogP contribution in [0.25, 0.3) is 0 Å². The van der Waals surface area contributed by atoms with Gasteiger partial charge >= 0.3 is 0 Å². The lowest BCUT2D eigenvalue weighted by Crippen LogP contribution is -2.30. The molecule has 0 amide bonds.